The van der Waals surface area contributed by atoms with Crippen molar-refractivity contribution >= 4 is 22.0 Å². The van der Waals surface area contributed by atoms with Crippen molar-refractivity contribution in [1.29, 1.82) is 0 Å². The molecule has 6 heteroatoms. The number of nitrogens with zero attached hydrogens (tertiary/aromatic N) is 1. The van der Waals surface area contributed by atoms with E-state index in [0.29, 0.717) is 12.5 Å². The van der Waals surface area contributed by atoms with Gasteiger partial charge in [0.1, 0.15) is 0 Å². The van der Waals surface area contributed by atoms with E-state index in [4.69, 9.17) is 0 Å². The monoisotopic (exact) mass is 310 g/mol. The van der Waals surface area contributed by atoms with E-state index >= 15 is 0 Å². The van der Waals surface area contributed by atoms with Crippen LogP contribution in [0.25, 0.3) is 6.08 Å². The van der Waals surface area contributed by atoms with Crippen molar-refractivity contribution in [3.05, 3.63) is 35.9 Å². The van der Waals surface area contributed by atoms with E-state index in [1.165, 1.54) is 25.3 Å². The SMILES string of the molecule is CNS(=O)(=O)c1ccc(/C=C/C(=O)N(C)CC(C)C)cc1. The Morgan fingerprint density at radius 2 is 1.86 bits per heavy atom. The first kappa shape index (κ1) is 17.4. The number of hydrogen-bond acceptors (Lipinski definition) is 3. The molecule has 1 amide bonds. The highest BCUT2D eigenvalue weighted by Crippen LogP contribution is 2.11. The van der Waals surface area contributed by atoms with Gasteiger partial charge in [-0.15, -0.1) is 0 Å². The van der Waals surface area contributed by atoms with Crippen LogP contribution in [0.4, 0.5) is 0 Å². The summed E-state index contributed by atoms with van der Waals surface area (Å²) in [5.74, 6) is 0.342. The molecule has 1 N–H and O–H groups in total. The molecule has 0 saturated carbocycles. The molecule has 0 saturated heterocycles. The van der Waals surface area contributed by atoms with Gasteiger partial charge in [0.05, 0.1) is 4.90 Å². The maximum absolute atomic E-state index is 11.9. The number of hydrogen-bond donors (Lipinski definition) is 1. The van der Waals surface area contributed by atoms with Crippen LogP contribution in [0.15, 0.2) is 35.2 Å². The molecule has 0 atom stereocenters. The highest BCUT2D eigenvalue weighted by Gasteiger charge is 2.10. The van der Waals surface area contributed by atoms with Crippen LogP contribution in [-0.2, 0) is 14.8 Å². The van der Waals surface area contributed by atoms with Crippen LogP contribution in [0.3, 0.4) is 0 Å². The van der Waals surface area contributed by atoms with Gasteiger partial charge < -0.3 is 4.90 Å². The topological polar surface area (TPSA) is 66.5 Å². The van der Waals surface area contributed by atoms with Crippen LogP contribution in [0, 0.1) is 5.92 Å². The maximum Gasteiger partial charge on any atom is 0.246 e. The van der Waals surface area contributed by atoms with Crippen LogP contribution >= 0.6 is 0 Å². The molecule has 116 valence electrons. The predicted octanol–water partition coefficient (Wildman–Crippen LogP) is 1.72. The molecule has 0 spiro atoms. The summed E-state index contributed by atoms with van der Waals surface area (Å²) in [7, 11) is -0.296. The Hall–Kier alpha value is -1.66. The zero-order valence-electron chi connectivity index (χ0n) is 12.8. The highest BCUT2D eigenvalue weighted by molar-refractivity contribution is 7.89. The fourth-order valence-electron chi connectivity index (χ4n) is 1.81. The van der Waals surface area contributed by atoms with Crippen LogP contribution in [0.5, 0.6) is 0 Å². The highest BCUT2D eigenvalue weighted by atomic mass is 32.2. The number of amides is 1. The van der Waals surface area contributed by atoms with Gasteiger partial charge in [-0.1, -0.05) is 26.0 Å². The summed E-state index contributed by atoms with van der Waals surface area (Å²) in [5, 5.41) is 0. The lowest BCUT2D eigenvalue weighted by atomic mass is 10.2. The largest absolute Gasteiger partial charge is 0.342 e. The van der Waals surface area contributed by atoms with E-state index in [2.05, 4.69) is 18.6 Å². The van der Waals surface area contributed by atoms with E-state index in [1.54, 1.807) is 30.2 Å². The quantitative estimate of drug-likeness (QED) is 0.814. The van der Waals surface area contributed by atoms with Crippen LogP contribution in [0.2, 0.25) is 0 Å². The van der Waals surface area contributed by atoms with Gasteiger partial charge in [0.25, 0.3) is 0 Å². The number of rotatable bonds is 6. The second-order valence-electron chi connectivity index (χ2n) is 5.22. The minimum Gasteiger partial charge on any atom is -0.342 e. The smallest absolute Gasteiger partial charge is 0.246 e. The molecule has 1 rings (SSSR count). The fraction of sp³-hybridized carbons (Fsp3) is 0.400. The summed E-state index contributed by atoms with van der Waals surface area (Å²) in [5.41, 5.74) is 0.774. The minimum atomic E-state index is -3.42. The Labute approximate surface area is 126 Å². The lowest BCUT2D eigenvalue weighted by Gasteiger charge is -2.17. The summed E-state index contributed by atoms with van der Waals surface area (Å²) >= 11 is 0. The van der Waals surface area contributed by atoms with Gasteiger partial charge in [-0.2, -0.15) is 0 Å². The normalized spacial score (nSPS) is 12.0. The molecule has 0 aliphatic rings. The lowest BCUT2D eigenvalue weighted by molar-refractivity contribution is -0.125. The molecule has 21 heavy (non-hydrogen) atoms. The third-order valence-corrected chi connectivity index (χ3v) is 4.32. The molecule has 0 aliphatic heterocycles. The van der Waals surface area contributed by atoms with Gasteiger partial charge in [-0.25, -0.2) is 13.1 Å². The molecule has 0 aliphatic carbocycles. The van der Waals surface area contributed by atoms with Gasteiger partial charge in [0, 0.05) is 19.7 Å². The van der Waals surface area contributed by atoms with Gasteiger partial charge in [-0.05, 0) is 36.7 Å². The van der Waals surface area contributed by atoms with Crippen LogP contribution in [0.1, 0.15) is 19.4 Å². The first-order valence-corrected chi connectivity index (χ1v) is 8.21. The molecule has 1 aromatic rings. The van der Waals surface area contributed by atoms with Crippen molar-refractivity contribution < 1.29 is 13.2 Å². The summed E-state index contributed by atoms with van der Waals surface area (Å²) in [4.78, 5) is 13.7. The molecule has 0 fully saturated rings. The average Bonchev–Trinajstić information content (AvgIpc) is 2.44. The minimum absolute atomic E-state index is 0.0735. The molecule has 5 nitrogen and oxygen atoms in total. The summed E-state index contributed by atoms with van der Waals surface area (Å²) < 4.78 is 25.4. The Bertz CT molecular complexity index is 604. The molecule has 0 aromatic heterocycles. The number of nitrogens with one attached hydrogen (secondary N) is 1. The first-order chi connectivity index (χ1) is 9.76. The predicted molar refractivity (Wildman–Crippen MR) is 84.2 cm³/mol. The molecule has 1 aromatic carbocycles. The number of sulfonamides is 1. The number of benzene rings is 1. The Morgan fingerprint density at radius 1 is 1.29 bits per heavy atom. The van der Waals surface area contributed by atoms with Crippen molar-refractivity contribution in [2.45, 2.75) is 18.7 Å². The van der Waals surface area contributed by atoms with Crippen molar-refractivity contribution in [3.8, 4) is 0 Å². The first-order valence-electron chi connectivity index (χ1n) is 6.73. The number of carbonyl (C=O) groups excluding carboxylic acids is 1. The molecule has 0 heterocycles. The summed E-state index contributed by atoms with van der Waals surface area (Å²) in [6.45, 7) is 4.80. The van der Waals surface area contributed by atoms with Gasteiger partial charge in [-0.3, -0.25) is 4.79 Å². The summed E-state index contributed by atoms with van der Waals surface area (Å²) in [6.07, 6.45) is 3.17. The second kappa shape index (κ2) is 7.38. The molecule has 0 unspecified atom stereocenters. The summed E-state index contributed by atoms with van der Waals surface area (Å²) in [6, 6.07) is 6.34. The molecular weight excluding hydrogens is 288 g/mol. The third-order valence-electron chi connectivity index (χ3n) is 2.89. The van der Waals surface area contributed by atoms with Crippen molar-refractivity contribution in [2.75, 3.05) is 20.6 Å². The standard InChI is InChI=1S/C15H22N2O3S/c1-12(2)11-17(4)15(18)10-7-13-5-8-14(9-6-13)21(19,20)16-3/h5-10,12,16H,11H2,1-4H3/b10-7+. The number of likely N-dealkylation sites (N-methyl/N-ethyl adjacent to an activating group) is 1. The van der Waals surface area contributed by atoms with Gasteiger partial charge >= 0.3 is 0 Å². The zero-order valence-corrected chi connectivity index (χ0v) is 13.6. The van der Waals surface area contributed by atoms with Crippen LogP contribution in [-0.4, -0.2) is 39.9 Å². The van der Waals surface area contributed by atoms with Gasteiger partial charge in [0.15, 0.2) is 0 Å². The lowest BCUT2D eigenvalue weighted by Crippen LogP contribution is -2.28. The fourth-order valence-corrected chi connectivity index (χ4v) is 2.54. The maximum atomic E-state index is 11.9. The number of carbonyl (C=O) groups is 1. The van der Waals surface area contributed by atoms with E-state index < -0.39 is 10.0 Å². The van der Waals surface area contributed by atoms with E-state index in [-0.39, 0.29) is 10.8 Å². The van der Waals surface area contributed by atoms with Crippen molar-refractivity contribution in [2.24, 2.45) is 5.92 Å². The molecule has 0 radical (unpaired) electrons. The van der Waals surface area contributed by atoms with Gasteiger partial charge in [0.2, 0.25) is 15.9 Å². The van der Waals surface area contributed by atoms with E-state index in [9.17, 15) is 13.2 Å². The van der Waals surface area contributed by atoms with E-state index in [1.807, 2.05) is 0 Å². The van der Waals surface area contributed by atoms with E-state index in [0.717, 1.165) is 5.56 Å². The average molecular weight is 310 g/mol. The second-order valence-corrected chi connectivity index (χ2v) is 7.11. The van der Waals surface area contributed by atoms with Crippen molar-refractivity contribution in [3.63, 3.8) is 0 Å². The third kappa shape index (κ3) is 5.32. The Kier molecular flexibility index (Phi) is 6.11. The molecule has 0 bridgehead atoms. The molecular formula is C15H22N2O3S. The van der Waals surface area contributed by atoms with Crippen LogP contribution < -0.4 is 4.72 Å². The Morgan fingerprint density at radius 3 is 2.33 bits per heavy atom. The Balaban J connectivity index is 2.76. The zero-order chi connectivity index (χ0) is 16.0. The van der Waals surface area contributed by atoms with Crippen molar-refractivity contribution in [1.82, 2.24) is 9.62 Å².